The van der Waals surface area contributed by atoms with E-state index >= 15 is 0 Å². The summed E-state index contributed by atoms with van der Waals surface area (Å²) < 4.78 is 33.5. The monoisotopic (exact) mass is 310 g/mol. The van der Waals surface area contributed by atoms with Gasteiger partial charge in [-0.05, 0) is 44.6 Å². The molecule has 2 rings (SSSR count). The van der Waals surface area contributed by atoms with Crippen LogP contribution in [0.4, 0.5) is 0 Å². The maximum atomic E-state index is 12.3. The van der Waals surface area contributed by atoms with Crippen LogP contribution in [0.3, 0.4) is 0 Å². The zero-order valence-electron chi connectivity index (χ0n) is 12.4. The molecule has 6 heteroatoms. The summed E-state index contributed by atoms with van der Waals surface area (Å²) in [7, 11) is -3.60. The lowest BCUT2D eigenvalue weighted by Gasteiger charge is -2.20. The molecular weight excluding hydrogens is 291 g/mol. The van der Waals surface area contributed by atoms with Gasteiger partial charge in [0.1, 0.15) is 17.3 Å². The summed E-state index contributed by atoms with van der Waals surface area (Å²) in [6.07, 6.45) is 1.86. The van der Waals surface area contributed by atoms with Crippen LogP contribution in [0.2, 0.25) is 0 Å². The Balaban J connectivity index is 2.27. The minimum atomic E-state index is -3.60. The third-order valence-corrected chi connectivity index (χ3v) is 4.37. The topological polar surface area (TPSA) is 54.0 Å². The van der Waals surface area contributed by atoms with Crippen LogP contribution in [0.5, 0.6) is 11.5 Å². The van der Waals surface area contributed by atoms with Gasteiger partial charge in [-0.1, -0.05) is 6.58 Å². The summed E-state index contributed by atoms with van der Waals surface area (Å²) in [5.41, 5.74) is 1.99. The number of allylic oxidation sites excluding steroid dienone is 2. The highest BCUT2D eigenvalue weighted by Gasteiger charge is 2.28. The molecule has 1 aromatic rings. The first kappa shape index (κ1) is 15.8. The van der Waals surface area contributed by atoms with Crippen molar-refractivity contribution in [3.05, 3.63) is 42.2 Å². The largest absolute Gasteiger partial charge is 0.530 e. The second kappa shape index (κ2) is 6.48. The molecule has 5 nitrogen and oxygen atoms in total. The standard InChI is InChI=1S/C15H19O5P/c1-5-17-21(16,18-6-2)20-13-7-8-14-11(3)9-12(4)19-15(14)10-13/h7-10H,4-6H2,1-3H3. The molecule has 0 fully saturated rings. The molecule has 0 saturated carbocycles. The number of hydrogen-bond acceptors (Lipinski definition) is 5. The second-order valence-corrected chi connectivity index (χ2v) is 6.02. The van der Waals surface area contributed by atoms with Crippen molar-refractivity contribution in [3.63, 3.8) is 0 Å². The predicted octanol–water partition coefficient (Wildman–Crippen LogP) is 4.56. The number of ether oxygens (including phenoxy) is 1. The quantitative estimate of drug-likeness (QED) is 0.721. The minimum absolute atomic E-state index is 0.234. The maximum Gasteiger partial charge on any atom is 0.530 e. The number of rotatable bonds is 6. The van der Waals surface area contributed by atoms with Crippen molar-refractivity contribution >= 4 is 13.4 Å². The third kappa shape index (κ3) is 3.76. The summed E-state index contributed by atoms with van der Waals surface area (Å²) >= 11 is 0. The van der Waals surface area contributed by atoms with Gasteiger partial charge in [-0.25, -0.2) is 4.57 Å². The van der Waals surface area contributed by atoms with E-state index in [4.69, 9.17) is 18.3 Å². The van der Waals surface area contributed by atoms with E-state index in [9.17, 15) is 4.57 Å². The smallest absolute Gasteiger partial charge is 0.457 e. The molecule has 114 valence electrons. The van der Waals surface area contributed by atoms with Crippen molar-refractivity contribution < 1.29 is 22.9 Å². The van der Waals surface area contributed by atoms with E-state index in [2.05, 4.69) is 6.58 Å². The summed E-state index contributed by atoms with van der Waals surface area (Å²) in [6, 6.07) is 5.20. The molecule has 0 bridgehead atoms. The second-order valence-electron chi connectivity index (χ2n) is 4.43. The lowest BCUT2D eigenvalue weighted by Crippen LogP contribution is -2.04. The lowest BCUT2D eigenvalue weighted by molar-refractivity contribution is 0.167. The fourth-order valence-electron chi connectivity index (χ4n) is 1.99. The van der Waals surface area contributed by atoms with Gasteiger partial charge in [0, 0.05) is 11.6 Å². The molecule has 0 unspecified atom stereocenters. The molecule has 0 aromatic heterocycles. The summed E-state index contributed by atoms with van der Waals surface area (Å²) in [5, 5.41) is 0. The van der Waals surface area contributed by atoms with Crippen molar-refractivity contribution in [1.29, 1.82) is 0 Å². The Bertz CT molecular complexity index is 610. The van der Waals surface area contributed by atoms with Gasteiger partial charge in [-0.15, -0.1) is 0 Å². The van der Waals surface area contributed by atoms with E-state index in [-0.39, 0.29) is 13.2 Å². The van der Waals surface area contributed by atoms with Gasteiger partial charge in [-0.3, -0.25) is 9.05 Å². The highest BCUT2D eigenvalue weighted by Crippen LogP contribution is 2.50. The molecular formula is C15H19O5P. The van der Waals surface area contributed by atoms with Gasteiger partial charge in [0.2, 0.25) is 0 Å². The third-order valence-electron chi connectivity index (χ3n) is 2.79. The van der Waals surface area contributed by atoms with Gasteiger partial charge in [0.15, 0.2) is 0 Å². The molecule has 0 saturated heterocycles. The Morgan fingerprint density at radius 2 is 1.90 bits per heavy atom. The van der Waals surface area contributed by atoms with Crippen LogP contribution in [-0.4, -0.2) is 13.2 Å². The Labute approximate surface area is 124 Å². The van der Waals surface area contributed by atoms with Gasteiger partial charge >= 0.3 is 7.82 Å². The Kier molecular flexibility index (Phi) is 4.88. The van der Waals surface area contributed by atoms with Crippen LogP contribution in [-0.2, 0) is 13.6 Å². The van der Waals surface area contributed by atoms with E-state index in [0.29, 0.717) is 17.3 Å². The Hall–Kier alpha value is -1.55. The van der Waals surface area contributed by atoms with E-state index in [1.54, 1.807) is 26.0 Å². The molecule has 0 aliphatic carbocycles. The van der Waals surface area contributed by atoms with Crippen LogP contribution < -0.4 is 9.26 Å². The van der Waals surface area contributed by atoms with Gasteiger partial charge < -0.3 is 9.26 Å². The first-order valence-corrected chi connectivity index (χ1v) is 8.21. The normalized spacial score (nSPS) is 14.2. The summed E-state index contributed by atoms with van der Waals surface area (Å²) in [4.78, 5) is 0. The number of phosphoric ester groups is 1. The van der Waals surface area contributed by atoms with Gasteiger partial charge in [0.25, 0.3) is 0 Å². The predicted molar refractivity (Wildman–Crippen MR) is 81.3 cm³/mol. The van der Waals surface area contributed by atoms with E-state index < -0.39 is 7.82 Å². The van der Waals surface area contributed by atoms with Crippen LogP contribution in [0, 0.1) is 0 Å². The average molecular weight is 310 g/mol. The molecule has 0 amide bonds. The van der Waals surface area contributed by atoms with Crippen molar-refractivity contribution in [3.8, 4) is 11.5 Å². The highest BCUT2D eigenvalue weighted by molar-refractivity contribution is 7.48. The molecule has 0 spiro atoms. The SMILES string of the molecule is C=C1C=C(C)c2ccc(OP(=O)(OCC)OCC)cc2O1. The van der Waals surface area contributed by atoms with Crippen LogP contribution in [0.1, 0.15) is 26.3 Å². The zero-order chi connectivity index (χ0) is 15.5. The maximum absolute atomic E-state index is 12.3. The number of fused-ring (bicyclic) bond motifs is 1. The first-order chi connectivity index (χ1) is 9.97. The molecule has 0 radical (unpaired) electrons. The first-order valence-electron chi connectivity index (χ1n) is 6.75. The number of hydrogen-bond donors (Lipinski definition) is 0. The van der Waals surface area contributed by atoms with Gasteiger partial charge in [-0.2, -0.15) is 0 Å². The van der Waals surface area contributed by atoms with Crippen molar-refractivity contribution in [2.75, 3.05) is 13.2 Å². The Morgan fingerprint density at radius 3 is 2.52 bits per heavy atom. The average Bonchev–Trinajstić information content (AvgIpc) is 2.38. The van der Waals surface area contributed by atoms with E-state index in [1.165, 1.54) is 0 Å². The lowest BCUT2D eigenvalue weighted by atomic mass is 10.0. The van der Waals surface area contributed by atoms with Crippen molar-refractivity contribution in [2.24, 2.45) is 0 Å². The van der Waals surface area contributed by atoms with E-state index in [1.807, 2.05) is 19.1 Å². The molecule has 1 aliphatic rings. The Morgan fingerprint density at radius 1 is 1.24 bits per heavy atom. The zero-order valence-corrected chi connectivity index (χ0v) is 13.3. The molecule has 21 heavy (non-hydrogen) atoms. The van der Waals surface area contributed by atoms with Crippen LogP contribution in [0.15, 0.2) is 36.6 Å². The van der Waals surface area contributed by atoms with Crippen LogP contribution in [0.25, 0.3) is 5.57 Å². The summed E-state index contributed by atoms with van der Waals surface area (Å²) in [6.45, 7) is 9.67. The fourth-order valence-corrected chi connectivity index (χ4v) is 3.18. The molecule has 1 heterocycles. The number of phosphoric acid groups is 1. The number of benzene rings is 1. The molecule has 0 N–H and O–H groups in total. The van der Waals surface area contributed by atoms with Crippen molar-refractivity contribution in [1.82, 2.24) is 0 Å². The van der Waals surface area contributed by atoms with Crippen LogP contribution >= 0.6 is 7.82 Å². The van der Waals surface area contributed by atoms with Crippen molar-refractivity contribution in [2.45, 2.75) is 20.8 Å². The summed E-state index contributed by atoms with van der Waals surface area (Å²) in [5.74, 6) is 1.52. The molecule has 0 atom stereocenters. The minimum Gasteiger partial charge on any atom is -0.457 e. The van der Waals surface area contributed by atoms with Gasteiger partial charge in [0.05, 0.1) is 13.2 Å². The molecule has 1 aliphatic heterocycles. The molecule has 1 aromatic carbocycles. The highest BCUT2D eigenvalue weighted by atomic mass is 31.2. The fraction of sp³-hybridized carbons (Fsp3) is 0.333. The van der Waals surface area contributed by atoms with E-state index in [0.717, 1.165) is 11.1 Å².